The molecule has 0 aromatic rings. The molecule has 1 N–H and O–H groups in total. The van der Waals surface area contributed by atoms with Gasteiger partial charge >= 0.3 is 95.6 Å². The van der Waals surface area contributed by atoms with E-state index in [9.17, 15) is 0 Å². The largest absolute Gasteiger partial charge is 1.00 e. The molecule has 26 valence electrons. The molecule has 5 heavy (non-hydrogen) atoms. The fourth-order valence-electron chi connectivity index (χ4n) is 0. The Morgan fingerprint density at radius 3 is 1.80 bits per heavy atom. The minimum absolute atomic E-state index is 0. The quantitative estimate of drug-likeness (QED) is 0.443. The molecule has 0 fully saturated rings. The molecule has 0 saturated carbocycles. The van der Waals surface area contributed by atoms with Gasteiger partial charge in [-0.3, -0.25) is 0 Å². The first-order chi connectivity index (χ1) is 1.73. The van der Waals surface area contributed by atoms with Crippen LogP contribution >= 0.6 is 0 Å². The standard InChI is InChI=1S/Cs.H2O3Se/c;1-4(2)3/h;(H2,1,2,3)/q+1;/p-1. The van der Waals surface area contributed by atoms with E-state index in [1.807, 2.05) is 0 Å². The van der Waals surface area contributed by atoms with Crippen LogP contribution in [-0.4, -0.2) is 18.7 Å². The van der Waals surface area contributed by atoms with E-state index in [4.69, 9.17) is 12.2 Å². The maximum atomic E-state index is 8.65. The van der Waals surface area contributed by atoms with Gasteiger partial charge in [0.05, 0.1) is 0 Å². The van der Waals surface area contributed by atoms with Gasteiger partial charge in [-0.05, 0) is 0 Å². The minimum atomic E-state index is -3.54. The van der Waals surface area contributed by atoms with E-state index in [0.29, 0.717) is 0 Å². The number of rotatable bonds is 0. The Labute approximate surface area is 92.9 Å². The second-order valence-electron chi connectivity index (χ2n) is 0.217. The van der Waals surface area contributed by atoms with Crippen LogP contribution in [0.5, 0.6) is 0 Å². The SMILES string of the molecule is O=[Se]([O-])O.[Cs+]. The summed E-state index contributed by atoms with van der Waals surface area (Å²) in [5.74, 6) is 0. The summed E-state index contributed by atoms with van der Waals surface area (Å²) in [6.45, 7) is 0. The number of hydrogen-bond acceptors (Lipinski definition) is 2. The van der Waals surface area contributed by atoms with Gasteiger partial charge in [-0.1, -0.05) is 0 Å². The normalized spacial score (nSPS) is 12.4. The first-order valence-corrected chi connectivity index (χ1v) is 2.68. The molecule has 0 bridgehead atoms. The number of hydrogen-bond donors (Lipinski definition) is 1. The maximum Gasteiger partial charge on any atom is 1.00 e. The summed E-state index contributed by atoms with van der Waals surface area (Å²) in [6, 6.07) is 0. The van der Waals surface area contributed by atoms with Crippen molar-refractivity contribution in [2.24, 2.45) is 0 Å². The molecule has 1 atom stereocenters. The smallest absolute Gasteiger partial charge is 1.00 e. The van der Waals surface area contributed by atoms with E-state index < -0.39 is 14.5 Å². The first kappa shape index (κ1) is 10.3. The van der Waals surface area contributed by atoms with Crippen LogP contribution in [0.3, 0.4) is 0 Å². The molecule has 0 saturated heterocycles. The van der Waals surface area contributed by atoms with E-state index in [1.165, 1.54) is 0 Å². The van der Waals surface area contributed by atoms with Crippen molar-refractivity contribution in [1.29, 1.82) is 0 Å². The summed E-state index contributed by atoms with van der Waals surface area (Å²) < 4.78 is 24.4. The molecule has 0 rings (SSSR count). The Balaban J connectivity index is 0. The first-order valence-electron chi connectivity index (χ1n) is 0.516. The van der Waals surface area contributed by atoms with E-state index in [0.717, 1.165) is 0 Å². The topological polar surface area (TPSA) is 60.4 Å². The predicted octanol–water partition coefficient (Wildman–Crippen LogP) is -5.24. The van der Waals surface area contributed by atoms with Crippen molar-refractivity contribution >= 4 is 14.5 Å². The molecule has 0 amide bonds. The zero-order valence-corrected chi connectivity index (χ0v) is 10.7. The van der Waals surface area contributed by atoms with Crippen molar-refractivity contribution in [2.75, 3.05) is 0 Å². The summed E-state index contributed by atoms with van der Waals surface area (Å²) in [4.78, 5) is 0. The minimum Gasteiger partial charge on any atom is 1.00 e. The third kappa shape index (κ3) is 22.1. The van der Waals surface area contributed by atoms with Gasteiger partial charge in [0.15, 0.2) is 0 Å². The molecule has 3 nitrogen and oxygen atoms in total. The van der Waals surface area contributed by atoms with Gasteiger partial charge in [0.2, 0.25) is 0 Å². The second kappa shape index (κ2) is 6.29. The van der Waals surface area contributed by atoms with Gasteiger partial charge in [0, 0.05) is 0 Å². The molecule has 5 heteroatoms. The second-order valence-corrected chi connectivity index (χ2v) is 1.13. The van der Waals surface area contributed by atoms with Crippen LogP contribution in [0.15, 0.2) is 0 Å². The molecule has 0 aliphatic heterocycles. The Hall–Kier alpha value is 2.29. The Bertz CT molecular complexity index is 29.9. The van der Waals surface area contributed by atoms with Gasteiger partial charge < -0.3 is 0 Å². The molecular weight excluding hydrogens is 260 g/mol. The van der Waals surface area contributed by atoms with Gasteiger partial charge in [-0.2, -0.15) is 0 Å². The van der Waals surface area contributed by atoms with Crippen LogP contribution in [-0.2, 0) is 3.83 Å². The van der Waals surface area contributed by atoms with Gasteiger partial charge in [-0.25, -0.2) is 0 Å². The third-order valence-corrected chi connectivity index (χ3v) is 0. The average Bonchev–Trinajstić information content (AvgIpc) is 0.811. The monoisotopic (exact) mass is 262 g/mol. The van der Waals surface area contributed by atoms with Crippen LogP contribution in [0, 0.1) is 0 Å². The Morgan fingerprint density at radius 2 is 1.80 bits per heavy atom. The molecule has 1 unspecified atom stereocenters. The summed E-state index contributed by atoms with van der Waals surface area (Å²) in [7, 11) is 0. The fraction of sp³-hybridized carbons (Fsp3) is 0. The summed E-state index contributed by atoms with van der Waals surface area (Å²) in [5.41, 5.74) is 0. The van der Waals surface area contributed by atoms with E-state index in [1.54, 1.807) is 0 Å². The van der Waals surface area contributed by atoms with Gasteiger partial charge in [0.25, 0.3) is 0 Å². The van der Waals surface area contributed by atoms with Gasteiger partial charge in [0.1, 0.15) is 0 Å². The Kier molecular flexibility index (Phi) is 13.0. The molecule has 0 radical (unpaired) electrons. The Morgan fingerprint density at radius 1 is 1.80 bits per heavy atom. The third-order valence-electron chi connectivity index (χ3n) is 0. The van der Waals surface area contributed by atoms with Crippen LogP contribution in [0.1, 0.15) is 0 Å². The van der Waals surface area contributed by atoms with Crippen molar-refractivity contribution in [1.82, 2.24) is 0 Å². The summed E-state index contributed by atoms with van der Waals surface area (Å²) in [6.07, 6.45) is 0. The van der Waals surface area contributed by atoms with Crippen LogP contribution in [0.4, 0.5) is 0 Å². The molecule has 0 aromatic carbocycles. The maximum absolute atomic E-state index is 8.65. The zero-order valence-electron chi connectivity index (χ0n) is 2.67. The van der Waals surface area contributed by atoms with E-state index >= 15 is 0 Å². The fourth-order valence-corrected chi connectivity index (χ4v) is 0. The molecular formula is HCsO3Se. The zero-order chi connectivity index (χ0) is 3.58. The van der Waals surface area contributed by atoms with Crippen LogP contribution in [0.25, 0.3) is 0 Å². The van der Waals surface area contributed by atoms with Crippen molar-refractivity contribution < 1.29 is 81.1 Å². The molecule has 0 heterocycles. The van der Waals surface area contributed by atoms with Crippen molar-refractivity contribution in [2.45, 2.75) is 0 Å². The summed E-state index contributed by atoms with van der Waals surface area (Å²) in [5, 5.41) is 0. The van der Waals surface area contributed by atoms with Gasteiger partial charge in [-0.15, -0.1) is 0 Å². The predicted molar refractivity (Wildman–Crippen MR) is 8.66 cm³/mol. The molecule has 0 aliphatic carbocycles. The van der Waals surface area contributed by atoms with E-state index in [-0.39, 0.29) is 68.9 Å². The van der Waals surface area contributed by atoms with Crippen LogP contribution in [0.2, 0.25) is 0 Å². The van der Waals surface area contributed by atoms with Crippen molar-refractivity contribution in [3.8, 4) is 0 Å². The average molecular weight is 261 g/mol. The van der Waals surface area contributed by atoms with Crippen molar-refractivity contribution in [3.63, 3.8) is 0 Å². The molecule has 0 spiro atoms. The van der Waals surface area contributed by atoms with Crippen LogP contribution < -0.4 is 73.1 Å². The molecule has 0 aromatic heterocycles. The molecule has 0 aliphatic rings. The van der Waals surface area contributed by atoms with Crippen molar-refractivity contribution in [3.05, 3.63) is 0 Å². The summed E-state index contributed by atoms with van der Waals surface area (Å²) >= 11 is -3.54. The van der Waals surface area contributed by atoms with E-state index in [2.05, 4.69) is 0 Å².